The zero-order valence-corrected chi connectivity index (χ0v) is 11.5. The van der Waals surface area contributed by atoms with Crippen molar-refractivity contribution in [2.24, 2.45) is 0 Å². The molecule has 102 valence electrons. The summed E-state index contributed by atoms with van der Waals surface area (Å²) in [5.41, 5.74) is 5.56. The van der Waals surface area contributed by atoms with Crippen LogP contribution < -0.4 is 0 Å². The largest absolute Gasteiger partial charge is 0.478 e. The highest BCUT2D eigenvalue weighted by atomic mass is 32.1. The minimum atomic E-state index is -0.947. The molecule has 0 fully saturated rings. The third-order valence-corrected chi connectivity index (χ3v) is 4.18. The molecule has 0 saturated carbocycles. The van der Waals surface area contributed by atoms with Crippen LogP contribution in [0.3, 0.4) is 0 Å². The second-order valence-electron chi connectivity index (χ2n) is 4.63. The molecule has 21 heavy (non-hydrogen) atoms. The summed E-state index contributed by atoms with van der Waals surface area (Å²) in [5.74, 6) is -0.947. The second kappa shape index (κ2) is 4.39. The smallest absolute Gasteiger partial charge is 0.335 e. The van der Waals surface area contributed by atoms with Crippen molar-refractivity contribution in [2.75, 3.05) is 0 Å². The van der Waals surface area contributed by atoms with Gasteiger partial charge in [0.15, 0.2) is 0 Å². The first kappa shape index (κ1) is 12.0. The molecule has 0 aliphatic heterocycles. The van der Waals surface area contributed by atoms with E-state index in [-0.39, 0.29) is 5.56 Å². The van der Waals surface area contributed by atoms with Crippen LogP contribution in [-0.2, 0) is 0 Å². The number of fused-ring (bicyclic) bond motifs is 2. The molecule has 5 nitrogen and oxygen atoms in total. The molecule has 0 bridgehead atoms. The number of hydrogen-bond donors (Lipinski definition) is 1. The summed E-state index contributed by atoms with van der Waals surface area (Å²) in [7, 11) is 0. The van der Waals surface area contributed by atoms with Gasteiger partial charge >= 0.3 is 5.97 Å². The van der Waals surface area contributed by atoms with Crippen molar-refractivity contribution >= 4 is 38.6 Å². The second-order valence-corrected chi connectivity index (χ2v) is 5.51. The summed E-state index contributed by atoms with van der Waals surface area (Å²) in [4.78, 5) is 19.6. The van der Waals surface area contributed by atoms with Crippen molar-refractivity contribution in [3.8, 4) is 5.69 Å². The highest BCUT2D eigenvalue weighted by Gasteiger charge is 2.09. The van der Waals surface area contributed by atoms with Crippen LogP contribution in [0.1, 0.15) is 10.4 Å². The predicted octanol–water partition coefficient (Wildman–Crippen LogP) is 3.33. The van der Waals surface area contributed by atoms with Gasteiger partial charge in [-0.3, -0.25) is 4.57 Å². The molecule has 4 rings (SSSR count). The first-order chi connectivity index (χ1) is 10.2. The quantitative estimate of drug-likeness (QED) is 0.616. The maximum absolute atomic E-state index is 11.0. The molecular formula is C15H9N3O2S. The average molecular weight is 295 g/mol. The van der Waals surface area contributed by atoms with E-state index in [1.165, 1.54) is 0 Å². The van der Waals surface area contributed by atoms with Crippen LogP contribution in [0.2, 0.25) is 0 Å². The van der Waals surface area contributed by atoms with E-state index >= 15 is 0 Å². The van der Waals surface area contributed by atoms with Gasteiger partial charge in [-0.25, -0.2) is 14.8 Å². The van der Waals surface area contributed by atoms with Crippen molar-refractivity contribution in [2.45, 2.75) is 0 Å². The van der Waals surface area contributed by atoms with Crippen molar-refractivity contribution in [3.63, 3.8) is 0 Å². The minimum Gasteiger partial charge on any atom is -0.478 e. The number of carbonyl (C=O) groups is 1. The lowest BCUT2D eigenvalue weighted by atomic mass is 10.2. The lowest BCUT2D eigenvalue weighted by Crippen LogP contribution is -1.96. The SMILES string of the molecule is O=C(O)c1ccc2c(c1)ncn2-c1ccc2ncsc2c1. The van der Waals surface area contributed by atoms with Crippen LogP contribution in [0.5, 0.6) is 0 Å². The summed E-state index contributed by atoms with van der Waals surface area (Å²) < 4.78 is 3.05. The molecule has 6 heteroatoms. The Morgan fingerprint density at radius 1 is 1.10 bits per heavy atom. The monoisotopic (exact) mass is 295 g/mol. The first-order valence-electron chi connectivity index (χ1n) is 6.26. The maximum atomic E-state index is 11.0. The molecule has 0 saturated heterocycles. The van der Waals surface area contributed by atoms with Crippen molar-refractivity contribution in [1.82, 2.24) is 14.5 Å². The van der Waals surface area contributed by atoms with Crippen LogP contribution in [-0.4, -0.2) is 25.6 Å². The van der Waals surface area contributed by atoms with Crippen molar-refractivity contribution in [3.05, 3.63) is 53.8 Å². The van der Waals surface area contributed by atoms with Crippen LogP contribution >= 0.6 is 11.3 Å². The lowest BCUT2D eigenvalue weighted by Gasteiger charge is -2.04. The van der Waals surface area contributed by atoms with Gasteiger partial charge in [0.1, 0.15) is 6.33 Å². The molecule has 0 aliphatic rings. The Labute approximate surface area is 123 Å². The Morgan fingerprint density at radius 2 is 2.00 bits per heavy atom. The van der Waals surface area contributed by atoms with Crippen LogP contribution in [0.4, 0.5) is 0 Å². The van der Waals surface area contributed by atoms with E-state index in [0.29, 0.717) is 5.52 Å². The van der Waals surface area contributed by atoms with E-state index in [0.717, 1.165) is 21.4 Å². The summed E-state index contributed by atoms with van der Waals surface area (Å²) in [6.07, 6.45) is 1.71. The Bertz CT molecular complexity index is 987. The normalized spacial score (nSPS) is 11.2. The standard InChI is InChI=1S/C15H9N3O2S/c19-15(20)9-1-4-13-12(5-9)16-7-18(13)10-2-3-11-14(6-10)21-8-17-11/h1-8H,(H,19,20). The Morgan fingerprint density at radius 3 is 2.86 bits per heavy atom. The van der Waals surface area contributed by atoms with Gasteiger partial charge in [-0.05, 0) is 36.4 Å². The Kier molecular flexibility index (Phi) is 2.52. The molecular weight excluding hydrogens is 286 g/mol. The predicted molar refractivity (Wildman–Crippen MR) is 81.2 cm³/mol. The number of nitrogens with zero attached hydrogens (tertiary/aromatic N) is 3. The molecule has 4 aromatic rings. The van der Waals surface area contributed by atoms with Gasteiger partial charge in [-0.1, -0.05) is 0 Å². The van der Waals surface area contributed by atoms with Crippen LogP contribution in [0.25, 0.3) is 26.9 Å². The molecule has 2 aromatic carbocycles. The number of carboxylic acid groups (broad SMARTS) is 1. The number of thiazole rings is 1. The first-order valence-corrected chi connectivity index (χ1v) is 7.14. The van der Waals surface area contributed by atoms with Gasteiger partial charge in [0.05, 0.1) is 32.3 Å². The van der Waals surface area contributed by atoms with E-state index in [4.69, 9.17) is 5.11 Å². The summed E-state index contributed by atoms with van der Waals surface area (Å²) in [5, 5.41) is 9.02. The zero-order valence-electron chi connectivity index (χ0n) is 10.7. The number of benzene rings is 2. The number of aromatic nitrogens is 3. The summed E-state index contributed by atoms with van der Waals surface area (Å²) in [6, 6.07) is 11.0. The number of carboxylic acids is 1. The third-order valence-electron chi connectivity index (χ3n) is 3.39. The van der Waals surface area contributed by atoms with E-state index in [2.05, 4.69) is 16.0 Å². The fraction of sp³-hybridized carbons (Fsp3) is 0. The third kappa shape index (κ3) is 1.88. The van der Waals surface area contributed by atoms with Gasteiger partial charge in [-0.2, -0.15) is 0 Å². The molecule has 1 N–H and O–H groups in total. The summed E-state index contributed by atoms with van der Waals surface area (Å²) >= 11 is 1.59. The van der Waals surface area contributed by atoms with Gasteiger partial charge in [0, 0.05) is 5.69 Å². The van der Waals surface area contributed by atoms with Crippen LogP contribution in [0, 0.1) is 0 Å². The topological polar surface area (TPSA) is 68.0 Å². The highest BCUT2D eigenvalue weighted by Crippen LogP contribution is 2.24. The Balaban J connectivity index is 1.91. The lowest BCUT2D eigenvalue weighted by molar-refractivity contribution is 0.0697. The molecule has 2 aromatic heterocycles. The molecule has 0 aliphatic carbocycles. The fourth-order valence-electron chi connectivity index (χ4n) is 2.35. The van der Waals surface area contributed by atoms with Gasteiger partial charge in [-0.15, -0.1) is 11.3 Å². The molecule has 0 radical (unpaired) electrons. The van der Waals surface area contributed by atoms with E-state index in [1.807, 2.05) is 22.2 Å². The van der Waals surface area contributed by atoms with E-state index in [1.54, 1.807) is 35.9 Å². The zero-order chi connectivity index (χ0) is 14.4. The van der Waals surface area contributed by atoms with Crippen molar-refractivity contribution < 1.29 is 9.90 Å². The molecule has 0 amide bonds. The van der Waals surface area contributed by atoms with Gasteiger partial charge in [0.2, 0.25) is 0 Å². The van der Waals surface area contributed by atoms with Crippen LogP contribution in [0.15, 0.2) is 48.2 Å². The number of imidazole rings is 1. The summed E-state index contributed by atoms with van der Waals surface area (Å²) in [6.45, 7) is 0. The minimum absolute atomic E-state index is 0.241. The van der Waals surface area contributed by atoms with E-state index < -0.39 is 5.97 Å². The molecule has 0 unspecified atom stereocenters. The highest BCUT2D eigenvalue weighted by molar-refractivity contribution is 7.16. The fourth-order valence-corrected chi connectivity index (χ4v) is 3.06. The number of hydrogen-bond acceptors (Lipinski definition) is 4. The Hall–Kier alpha value is -2.73. The van der Waals surface area contributed by atoms with E-state index in [9.17, 15) is 4.79 Å². The van der Waals surface area contributed by atoms with Gasteiger partial charge in [0.25, 0.3) is 0 Å². The number of aromatic carboxylic acids is 1. The van der Waals surface area contributed by atoms with Crippen molar-refractivity contribution in [1.29, 1.82) is 0 Å². The molecule has 2 heterocycles. The molecule has 0 atom stereocenters. The average Bonchev–Trinajstić information content (AvgIpc) is 3.12. The number of rotatable bonds is 2. The maximum Gasteiger partial charge on any atom is 0.335 e. The molecule has 0 spiro atoms. The van der Waals surface area contributed by atoms with Gasteiger partial charge < -0.3 is 5.11 Å².